The van der Waals surface area contributed by atoms with E-state index in [1.54, 1.807) is 6.26 Å². The zero-order chi connectivity index (χ0) is 15.1. The van der Waals surface area contributed by atoms with Crippen molar-refractivity contribution in [2.45, 2.75) is 31.6 Å². The lowest BCUT2D eigenvalue weighted by Gasteiger charge is -2.23. The second-order valence-electron chi connectivity index (χ2n) is 5.18. The maximum absolute atomic E-state index is 12.3. The standard InChI is InChI=1S/C15H24N2O2S/c1-5-7-14(17(2)3)15(18)16-13-9-6-8-12(10-13)11-20(4)19/h6,8-10,14H,5,7,11H2,1-4H3,(H,16,18)/t14-,20+/m0/s1. The van der Waals surface area contributed by atoms with E-state index in [-0.39, 0.29) is 11.9 Å². The predicted octanol–water partition coefficient (Wildman–Crippen LogP) is 2.23. The van der Waals surface area contributed by atoms with Crippen LogP contribution < -0.4 is 5.32 Å². The minimum atomic E-state index is -0.878. The molecular formula is C15H24N2O2S. The minimum absolute atomic E-state index is 0.00613. The predicted molar refractivity (Wildman–Crippen MR) is 85.2 cm³/mol. The van der Waals surface area contributed by atoms with Gasteiger partial charge in [-0.2, -0.15) is 0 Å². The fourth-order valence-corrected chi connectivity index (χ4v) is 2.75. The van der Waals surface area contributed by atoms with Crippen LogP contribution in [0, 0.1) is 0 Å². The van der Waals surface area contributed by atoms with E-state index in [9.17, 15) is 9.00 Å². The van der Waals surface area contributed by atoms with Gasteiger partial charge in [0.2, 0.25) is 5.91 Å². The van der Waals surface area contributed by atoms with Crippen LogP contribution in [0.3, 0.4) is 0 Å². The molecule has 0 aromatic heterocycles. The smallest absolute Gasteiger partial charge is 0.241 e. The van der Waals surface area contributed by atoms with Crippen LogP contribution in [0.25, 0.3) is 0 Å². The summed E-state index contributed by atoms with van der Waals surface area (Å²) < 4.78 is 11.2. The Morgan fingerprint density at radius 1 is 1.40 bits per heavy atom. The van der Waals surface area contributed by atoms with Gasteiger partial charge in [-0.15, -0.1) is 0 Å². The van der Waals surface area contributed by atoms with Gasteiger partial charge in [-0.3, -0.25) is 13.9 Å². The van der Waals surface area contributed by atoms with E-state index in [1.807, 2.05) is 43.3 Å². The van der Waals surface area contributed by atoms with Crippen LogP contribution in [0.15, 0.2) is 24.3 Å². The molecule has 0 aliphatic carbocycles. The van der Waals surface area contributed by atoms with Crippen LogP contribution in [0.5, 0.6) is 0 Å². The SMILES string of the molecule is CCC[C@@H](C(=O)Nc1cccc(C[S@@](C)=O)c1)N(C)C. The summed E-state index contributed by atoms with van der Waals surface area (Å²) >= 11 is 0. The summed E-state index contributed by atoms with van der Waals surface area (Å²) in [4.78, 5) is 14.2. The van der Waals surface area contributed by atoms with Gasteiger partial charge in [-0.05, 0) is 38.2 Å². The number of carbonyl (C=O) groups excluding carboxylic acids is 1. The third-order valence-electron chi connectivity index (χ3n) is 3.05. The van der Waals surface area contributed by atoms with Crippen LogP contribution in [0.2, 0.25) is 0 Å². The molecule has 0 spiro atoms. The third-order valence-corrected chi connectivity index (χ3v) is 3.79. The summed E-state index contributed by atoms with van der Waals surface area (Å²) in [6, 6.07) is 7.43. The van der Waals surface area contributed by atoms with Gasteiger partial charge in [0.1, 0.15) is 0 Å². The largest absolute Gasteiger partial charge is 0.325 e. The average molecular weight is 296 g/mol. The van der Waals surface area contributed by atoms with E-state index in [0.29, 0.717) is 5.75 Å². The Balaban J connectivity index is 2.76. The van der Waals surface area contributed by atoms with E-state index < -0.39 is 10.8 Å². The highest BCUT2D eigenvalue weighted by Gasteiger charge is 2.19. The Kier molecular flexibility index (Phi) is 6.88. The van der Waals surface area contributed by atoms with Crippen LogP contribution in [0.1, 0.15) is 25.3 Å². The lowest BCUT2D eigenvalue weighted by molar-refractivity contribution is -0.120. The number of anilines is 1. The first-order chi connectivity index (χ1) is 9.43. The van der Waals surface area contributed by atoms with Gasteiger partial charge in [-0.1, -0.05) is 25.5 Å². The summed E-state index contributed by atoms with van der Waals surface area (Å²) in [5.74, 6) is 0.516. The van der Waals surface area contributed by atoms with Crippen molar-refractivity contribution in [1.29, 1.82) is 0 Å². The van der Waals surface area contributed by atoms with Gasteiger partial charge in [0.25, 0.3) is 0 Å². The van der Waals surface area contributed by atoms with Crippen LogP contribution in [0.4, 0.5) is 5.69 Å². The quantitative estimate of drug-likeness (QED) is 0.839. The Morgan fingerprint density at radius 2 is 2.10 bits per heavy atom. The highest BCUT2D eigenvalue weighted by molar-refractivity contribution is 7.83. The van der Waals surface area contributed by atoms with Crippen molar-refractivity contribution in [2.75, 3.05) is 25.7 Å². The molecule has 1 amide bonds. The molecule has 0 unspecified atom stereocenters. The van der Waals surface area contributed by atoms with Crippen LogP contribution in [-0.4, -0.2) is 41.4 Å². The van der Waals surface area contributed by atoms with Gasteiger partial charge >= 0.3 is 0 Å². The summed E-state index contributed by atoms with van der Waals surface area (Å²) in [6.07, 6.45) is 3.47. The highest BCUT2D eigenvalue weighted by atomic mass is 32.2. The molecule has 20 heavy (non-hydrogen) atoms. The Bertz CT molecular complexity index is 475. The normalized spacial score (nSPS) is 14.1. The van der Waals surface area contributed by atoms with Gasteiger partial charge in [0, 0.05) is 28.5 Å². The molecule has 0 heterocycles. The molecule has 1 aromatic rings. The molecule has 0 saturated heterocycles. The Morgan fingerprint density at radius 3 is 2.65 bits per heavy atom. The number of rotatable bonds is 7. The molecule has 5 heteroatoms. The van der Waals surface area contributed by atoms with Crippen LogP contribution in [-0.2, 0) is 21.3 Å². The van der Waals surface area contributed by atoms with Crippen molar-refractivity contribution in [1.82, 2.24) is 4.90 Å². The van der Waals surface area contributed by atoms with Crippen molar-refractivity contribution in [3.05, 3.63) is 29.8 Å². The topological polar surface area (TPSA) is 49.4 Å². The summed E-state index contributed by atoms with van der Waals surface area (Å²) in [5, 5.41) is 2.94. The first-order valence-electron chi connectivity index (χ1n) is 6.80. The number of amides is 1. The molecular weight excluding hydrogens is 272 g/mol. The molecule has 112 valence electrons. The lowest BCUT2D eigenvalue weighted by atomic mass is 10.1. The maximum Gasteiger partial charge on any atom is 0.241 e. The monoisotopic (exact) mass is 296 g/mol. The van der Waals surface area contributed by atoms with E-state index in [1.165, 1.54) is 0 Å². The van der Waals surface area contributed by atoms with E-state index in [4.69, 9.17) is 0 Å². The second-order valence-corrected chi connectivity index (χ2v) is 6.61. The van der Waals surface area contributed by atoms with E-state index >= 15 is 0 Å². The minimum Gasteiger partial charge on any atom is -0.325 e. The number of nitrogens with zero attached hydrogens (tertiary/aromatic N) is 1. The summed E-state index contributed by atoms with van der Waals surface area (Å²) in [5.41, 5.74) is 1.74. The second kappa shape index (κ2) is 8.17. The fourth-order valence-electron chi connectivity index (χ4n) is 2.10. The molecule has 0 bridgehead atoms. The Labute approximate surface area is 124 Å². The lowest BCUT2D eigenvalue weighted by Crippen LogP contribution is -2.39. The van der Waals surface area contributed by atoms with Gasteiger partial charge in [0.15, 0.2) is 0 Å². The van der Waals surface area contributed by atoms with E-state index in [2.05, 4.69) is 12.2 Å². The van der Waals surface area contributed by atoms with Gasteiger partial charge < -0.3 is 5.32 Å². The summed E-state index contributed by atoms with van der Waals surface area (Å²) in [7, 11) is 2.95. The molecule has 0 aliphatic heterocycles. The molecule has 0 saturated carbocycles. The van der Waals surface area contributed by atoms with Gasteiger partial charge in [-0.25, -0.2) is 0 Å². The summed E-state index contributed by atoms with van der Waals surface area (Å²) in [6.45, 7) is 2.07. The molecule has 1 N–H and O–H groups in total. The number of nitrogens with one attached hydrogen (secondary N) is 1. The zero-order valence-corrected chi connectivity index (χ0v) is 13.5. The van der Waals surface area contributed by atoms with Crippen LogP contribution >= 0.6 is 0 Å². The van der Waals surface area contributed by atoms with Crippen molar-refractivity contribution in [2.24, 2.45) is 0 Å². The third kappa shape index (κ3) is 5.43. The first kappa shape index (κ1) is 16.9. The number of carbonyl (C=O) groups is 1. The number of benzene rings is 1. The molecule has 1 aromatic carbocycles. The zero-order valence-electron chi connectivity index (χ0n) is 12.7. The molecule has 4 nitrogen and oxygen atoms in total. The molecule has 0 fully saturated rings. The van der Waals surface area contributed by atoms with Crippen molar-refractivity contribution in [3.8, 4) is 0 Å². The van der Waals surface area contributed by atoms with Crippen molar-refractivity contribution in [3.63, 3.8) is 0 Å². The average Bonchev–Trinajstić information content (AvgIpc) is 2.34. The maximum atomic E-state index is 12.3. The Hall–Kier alpha value is -1.20. The highest BCUT2D eigenvalue weighted by Crippen LogP contribution is 2.14. The number of hydrogen-bond donors (Lipinski definition) is 1. The van der Waals surface area contributed by atoms with Crippen molar-refractivity contribution < 1.29 is 9.00 Å². The molecule has 0 aliphatic rings. The fraction of sp³-hybridized carbons (Fsp3) is 0.533. The number of likely N-dealkylation sites (N-methyl/N-ethyl adjacent to an activating group) is 1. The molecule has 2 atom stereocenters. The first-order valence-corrected chi connectivity index (χ1v) is 8.53. The number of hydrogen-bond acceptors (Lipinski definition) is 3. The van der Waals surface area contributed by atoms with Crippen molar-refractivity contribution >= 4 is 22.4 Å². The molecule has 0 radical (unpaired) electrons. The van der Waals surface area contributed by atoms with E-state index in [0.717, 1.165) is 24.1 Å². The molecule has 1 rings (SSSR count). The van der Waals surface area contributed by atoms with Gasteiger partial charge in [0.05, 0.1) is 6.04 Å².